The average Bonchev–Trinajstić information content (AvgIpc) is 3.41. The van der Waals surface area contributed by atoms with Gasteiger partial charge in [-0.05, 0) is 63.5 Å². The highest BCUT2D eigenvalue weighted by molar-refractivity contribution is 9.10. The van der Waals surface area contributed by atoms with Crippen molar-refractivity contribution in [2.45, 2.75) is 6.04 Å². The van der Waals surface area contributed by atoms with E-state index in [-0.39, 0.29) is 22.8 Å². The van der Waals surface area contributed by atoms with Crippen molar-refractivity contribution >= 4 is 50.8 Å². The van der Waals surface area contributed by atoms with Crippen LogP contribution in [0.5, 0.6) is 0 Å². The van der Waals surface area contributed by atoms with Gasteiger partial charge in [-0.2, -0.15) is 0 Å². The topological polar surface area (TPSA) is 77.8 Å². The van der Waals surface area contributed by atoms with Crippen LogP contribution in [0.15, 0.2) is 106 Å². The molecular weight excluding hydrogens is 576 g/mol. The van der Waals surface area contributed by atoms with Crippen molar-refractivity contribution in [3.63, 3.8) is 0 Å². The molecule has 2 heterocycles. The predicted octanol–water partition coefficient (Wildman–Crippen LogP) is 5.72. The number of nitrogens with zero attached hydrogens (tertiary/aromatic N) is 2. The van der Waals surface area contributed by atoms with E-state index < -0.39 is 5.91 Å². The fourth-order valence-corrected chi connectivity index (χ4v) is 5.28. The van der Waals surface area contributed by atoms with Gasteiger partial charge in [0.05, 0.1) is 17.3 Å². The van der Waals surface area contributed by atoms with E-state index in [1.54, 1.807) is 24.3 Å². The van der Waals surface area contributed by atoms with E-state index in [0.29, 0.717) is 29.0 Å². The number of anilines is 1. The number of benzene rings is 3. The molecule has 5 rings (SSSR count). The lowest BCUT2D eigenvalue weighted by molar-refractivity contribution is 0.0598. The Labute approximate surface area is 240 Å². The molecule has 0 aliphatic carbocycles. The van der Waals surface area contributed by atoms with Crippen LogP contribution in [0.25, 0.3) is 0 Å². The lowest BCUT2D eigenvalue weighted by Crippen LogP contribution is -2.50. The van der Waals surface area contributed by atoms with E-state index in [2.05, 4.69) is 80.0 Å². The van der Waals surface area contributed by atoms with Crippen molar-refractivity contribution in [3.8, 4) is 0 Å². The fraction of sp³-hybridized carbons (Fsp3) is 0.167. The monoisotopic (exact) mass is 602 g/mol. The van der Waals surface area contributed by atoms with Gasteiger partial charge < -0.3 is 14.6 Å². The number of nitrogens with one attached hydrogen (secondary N) is 2. The van der Waals surface area contributed by atoms with Gasteiger partial charge in [0.1, 0.15) is 0 Å². The lowest BCUT2D eigenvalue weighted by Gasteiger charge is -2.40. The second kappa shape index (κ2) is 12.4. The number of hydrogen-bond acceptors (Lipinski definition) is 5. The number of carbonyl (C=O) groups excluding carboxylic acids is 2. The Hall–Kier alpha value is -3.79. The molecule has 0 spiro atoms. The first kappa shape index (κ1) is 26.8. The number of halogens is 1. The normalized spacial score (nSPS) is 13.7. The van der Waals surface area contributed by atoms with Crippen LogP contribution in [0.1, 0.15) is 38.1 Å². The van der Waals surface area contributed by atoms with Crippen LogP contribution in [0.3, 0.4) is 0 Å². The molecule has 2 N–H and O–H groups in total. The van der Waals surface area contributed by atoms with Crippen molar-refractivity contribution in [1.82, 2.24) is 15.1 Å². The highest BCUT2D eigenvalue weighted by Gasteiger charge is 2.29. The van der Waals surface area contributed by atoms with Crippen molar-refractivity contribution in [1.29, 1.82) is 0 Å². The summed E-state index contributed by atoms with van der Waals surface area (Å²) in [6.45, 7) is 2.67. The number of thiocarbonyl (C=S) groups is 1. The molecule has 0 unspecified atom stereocenters. The number of hydrogen-bond donors (Lipinski definition) is 2. The van der Waals surface area contributed by atoms with E-state index in [1.807, 2.05) is 29.2 Å². The molecule has 7 nitrogen and oxygen atoms in total. The molecule has 39 heavy (non-hydrogen) atoms. The van der Waals surface area contributed by atoms with Crippen LogP contribution in [0.2, 0.25) is 0 Å². The highest BCUT2D eigenvalue weighted by Crippen LogP contribution is 2.30. The van der Waals surface area contributed by atoms with Crippen molar-refractivity contribution in [2.24, 2.45) is 0 Å². The van der Waals surface area contributed by atoms with Crippen LogP contribution >= 0.6 is 28.1 Å². The van der Waals surface area contributed by atoms with Crippen LogP contribution in [-0.4, -0.2) is 52.9 Å². The van der Waals surface area contributed by atoms with Gasteiger partial charge in [0, 0.05) is 26.2 Å². The molecule has 1 aromatic heterocycles. The Morgan fingerprint density at radius 1 is 0.795 bits per heavy atom. The maximum atomic E-state index is 13.6. The number of amides is 2. The zero-order valence-corrected chi connectivity index (χ0v) is 23.5. The molecule has 0 radical (unpaired) electrons. The molecule has 2 amide bonds. The van der Waals surface area contributed by atoms with Crippen LogP contribution in [0.4, 0.5) is 5.69 Å². The molecule has 1 aliphatic heterocycles. The maximum absolute atomic E-state index is 13.6. The Bertz CT molecular complexity index is 1410. The molecule has 0 bridgehead atoms. The molecule has 3 aromatic carbocycles. The van der Waals surface area contributed by atoms with Gasteiger partial charge >= 0.3 is 0 Å². The van der Waals surface area contributed by atoms with Gasteiger partial charge in [-0.1, -0.05) is 72.8 Å². The van der Waals surface area contributed by atoms with Gasteiger partial charge in [0.25, 0.3) is 11.8 Å². The van der Waals surface area contributed by atoms with Crippen molar-refractivity contribution < 1.29 is 14.0 Å². The summed E-state index contributed by atoms with van der Waals surface area (Å²) >= 11 is 8.51. The third kappa shape index (κ3) is 6.44. The Balaban J connectivity index is 1.25. The highest BCUT2D eigenvalue weighted by atomic mass is 79.9. The Kier molecular flexibility index (Phi) is 8.51. The van der Waals surface area contributed by atoms with Gasteiger partial charge in [-0.3, -0.25) is 19.8 Å². The van der Waals surface area contributed by atoms with E-state index >= 15 is 0 Å². The number of carbonyl (C=O) groups is 2. The van der Waals surface area contributed by atoms with E-state index in [0.717, 1.165) is 13.1 Å². The lowest BCUT2D eigenvalue weighted by atomic mass is 9.96. The number of para-hydroxylation sites is 1. The summed E-state index contributed by atoms with van der Waals surface area (Å²) < 4.78 is 5.72. The quantitative estimate of drug-likeness (QED) is 0.275. The van der Waals surface area contributed by atoms with Gasteiger partial charge in [-0.15, -0.1) is 0 Å². The second-order valence-corrected chi connectivity index (χ2v) is 10.3. The second-order valence-electron chi connectivity index (χ2n) is 9.11. The van der Waals surface area contributed by atoms with E-state index in [1.165, 1.54) is 11.1 Å². The number of piperazine rings is 1. The van der Waals surface area contributed by atoms with Crippen molar-refractivity contribution in [3.05, 3.63) is 124 Å². The summed E-state index contributed by atoms with van der Waals surface area (Å²) in [4.78, 5) is 30.3. The molecule has 1 fully saturated rings. The molecule has 1 saturated heterocycles. The Morgan fingerprint density at radius 2 is 1.38 bits per heavy atom. The fourth-order valence-electron chi connectivity index (χ4n) is 4.77. The summed E-state index contributed by atoms with van der Waals surface area (Å²) in [6.07, 6.45) is 0. The summed E-state index contributed by atoms with van der Waals surface area (Å²) in [7, 11) is 0. The van der Waals surface area contributed by atoms with Crippen molar-refractivity contribution in [2.75, 3.05) is 31.5 Å². The third-order valence-electron chi connectivity index (χ3n) is 6.63. The molecule has 1 aliphatic rings. The summed E-state index contributed by atoms with van der Waals surface area (Å²) in [5, 5.41) is 5.66. The molecule has 198 valence electrons. The molecule has 0 atom stereocenters. The maximum Gasteiger partial charge on any atom is 0.293 e. The Morgan fingerprint density at radius 3 is 1.97 bits per heavy atom. The molecule has 4 aromatic rings. The summed E-state index contributed by atoms with van der Waals surface area (Å²) in [6, 6.07) is 31.4. The smallest absolute Gasteiger partial charge is 0.293 e. The zero-order chi connectivity index (χ0) is 27.2. The standard InChI is InChI=1S/C30H27BrN4O3S/c31-26-16-15-25(38-26)28(36)33-30(39)32-24-14-8-7-13-23(24)29(37)35-19-17-34(18-20-35)27(21-9-3-1-4-10-21)22-11-5-2-6-12-22/h1-16,27H,17-20H2,(H2,32,33,36,39). The zero-order valence-electron chi connectivity index (χ0n) is 21.0. The van der Waals surface area contributed by atoms with Gasteiger partial charge in [0.15, 0.2) is 15.5 Å². The minimum absolute atomic E-state index is 0.0751. The van der Waals surface area contributed by atoms with Gasteiger partial charge in [-0.25, -0.2) is 0 Å². The van der Waals surface area contributed by atoms with Crippen LogP contribution in [-0.2, 0) is 0 Å². The predicted molar refractivity (Wildman–Crippen MR) is 159 cm³/mol. The minimum atomic E-state index is -0.482. The first-order valence-corrected chi connectivity index (χ1v) is 13.8. The van der Waals surface area contributed by atoms with Gasteiger partial charge in [0.2, 0.25) is 0 Å². The minimum Gasteiger partial charge on any atom is -0.444 e. The molecular formula is C30H27BrN4O3S. The van der Waals surface area contributed by atoms with Crippen LogP contribution in [0, 0.1) is 0 Å². The first-order valence-electron chi connectivity index (χ1n) is 12.6. The molecule has 9 heteroatoms. The SMILES string of the molecule is O=C(NC(=S)Nc1ccccc1C(=O)N1CCN(C(c2ccccc2)c2ccccc2)CC1)c1ccc(Br)o1. The first-order chi connectivity index (χ1) is 19.0. The largest absolute Gasteiger partial charge is 0.444 e. The van der Waals surface area contributed by atoms with E-state index in [9.17, 15) is 9.59 Å². The third-order valence-corrected chi connectivity index (χ3v) is 7.26. The average molecular weight is 604 g/mol. The number of rotatable bonds is 6. The molecule has 0 saturated carbocycles. The number of furan rings is 1. The summed E-state index contributed by atoms with van der Waals surface area (Å²) in [5.41, 5.74) is 3.49. The summed E-state index contributed by atoms with van der Waals surface area (Å²) in [5.74, 6) is -0.445. The van der Waals surface area contributed by atoms with Crippen LogP contribution < -0.4 is 10.6 Å². The van der Waals surface area contributed by atoms with E-state index in [4.69, 9.17) is 16.6 Å².